The Balaban J connectivity index is 1.94. The number of pyridine rings is 1. The third-order valence-corrected chi connectivity index (χ3v) is 2.64. The summed E-state index contributed by atoms with van der Waals surface area (Å²) in [6.45, 7) is 2.21. The topological polar surface area (TPSA) is 43.6 Å². The highest BCUT2D eigenvalue weighted by molar-refractivity contribution is 5.81. The Morgan fingerprint density at radius 3 is 3.22 bits per heavy atom. The van der Waals surface area contributed by atoms with Crippen LogP contribution < -0.4 is 0 Å². The molecule has 0 radical (unpaired) electrons. The Morgan fingerprint density at radius 1 is 1.50 bits per heavy atom. The first-order chi connectivity index (χ1) is 8.81. The van der Waals surface area contributed by atoms with Gasteiger partial charge in [-0.15, -0.1) is 0 Å². The van der Waals surface area contributed by atoms with E-state index in [0.29, 0.717) is 6.61 Å². The van der Waals surface area contributed by atoms with Crippen molar-refractivity contribution in [3.8, 4) is 0 Å². The summed E-state index contributed by atoms with van der Waals surface area (Å²) in [6, 6.07) is 6.10. The third kappa shape index (κ3) is 2.97. The van der Waals surface area contributed by atoms with Crippen molar-refractivity contribution >= 4 is 11.5 Å². The van der Waals surface area contributed by atoms with Gasteiger partial charge in [-0.05, 0) is 31.9 Å². The van der Waals surface area contributed by atoms with Gasteiger partial charge in [-0.3, -0.25) is 0 Å². The molecule has 0 spiro atoms. The maximum atomic E-state index is 11.1. The van der Waals surface area contributed by atoms with Crippen molar-refractivity contribution in [2.75, 3.05) is 6.61 Å². The summed E-state index contributed by atoms with van der Waals surface area (Å²) in [5.74, 6) is -0.279. The van der Waals surface area contributed by atoms with Gasteiger partial charge in [0.2, 0.25) is 0 Å². The molecule has 0 atom stereocenters. The van der Waals surface area contributed by atoms with E-state index in [1.165, 1.54) is 11.8 Å². The molecule has 0 N–H and O–H groups in total. The van der Waals surface area contributed by atoms with Crippen LogP contribution in [0.3, 0.4) is 0 Å². The number of nitrogens with zero attached hydrogens (tertiary/aromatic N) is 2. The van der Waals surface area contributed by atoms with Gasteiger partial charge in [-0.25, -0.2) is 9.78 Å². The molecule has 0 aliphatic heterocycles. The van der Waals surface area contributed by atoms with Crippen LogP contribution in [0.2, 0.25) is 0 Å². The first kappa shape index (κ1) is 12.4. The predicted molar refractivity (Wildman–Crippen MR) is 69.3 cm³/mol. The molecule has 0 aliphatic rings. The van der Waals surface area contributed by atoms with Crippen LogP contribution in [0.5, 0.6) is 0 Å². The first-order valence-corrected chi connectivity index (χ1v) is 6.04. The number of carbonyl (C=O) groups is 1. The van der Waals surface area contributed by atoms with E-state index >= 15 is 0 Å². The van der Waals surface area contributed by atoms with E-state index in [2.05, 4.69) is 15.5 Å². The van der Waals surface area contributed by atoms with E-state index in [-0.39, 0.29) is 5.97 Å². The minimum absolute atomic E-state index is 0.279. The number of fused-ring (bicyclic) bond motifs is 1. The Hall–Kier alpha value is -2.10. The highest BCUT2D eigenvalue weighted by atomic mass is 16.5. The summed E-state index contributed by atoms with van der Waals surface area (Å²) in [7, 11) is 0. The van der Waals surface area contributed by atoms with Crippen molar-refractivity contribution in [1.82, 2.24) is 9.38 Å². The number of hydrogen-bond donors (Lipinski definition) is 0. The summed E-state index contributed by atoms with van der Waals surface area (Å²) in [5, 5.41) is 0. The van der Waals surface area contributed by atoms with Gasteiger partial charge in [-0.1, -0.05) is 12.1 Å². The largest absolute Gasteiger partial charge is 0.463 e. The van der Waals surface area contributed by atoms with Gasteiger partial charge >= 0.3 is 5.97 Å². The van der Waals surface area contributed by atoms with Crippen LogP contribution >= 0.6 is 0 Å². The standard InChI is InChI=1S/C14H16N2O2/c1-2-18-14(17)9-4-3-6-12-7-5-8-13-10-15-11-16(12)13/h4-5,7-11H,2-3,6H2,1H3. The third-order valence-electron chi connectivity index (χ3n) is 2.64. The summed E-state index contributed by atoms with van der Waals surface area (Å²) >= 11 is 0. The molecule has 2 aromatic rings. The SMILES string of the molecule is CCOC(=O)C=CCCc1cccc2cncn12. The smallest absolute Gasteiger partial charge is 0.330 e. The van der Waals surface area contributed by atoms with E-state index in [1.807, 2.05) is 24.4 Å². The fraction of sp³-hybridized carbons (Fsp3) is 0.286. The maximum absolute atomic E-state index is 11.1. The van der Waals surface area contributed by atoms with Gasteiger partial charge in [0.25, 0.3) is 0 Å². The summed E-state index contributed by atoms with van der Waals surface area (Å²) < 4.78 is 6.86. The van der Waals surface area contributed by atoms with Crippen LogP contribution in [-0.4, -0.2) is 22.0 Å². The van der Waals surface area contributed by atoms with Gasteiger partial charge < -0.3 is 9.14 Å². The number of aromatic nitrogens is 2. The van der Waals surface area contributed by atoms with Gasteiger partial charge in [0, 0.05) is 11.8 Å². The molecule has 4 nitrogen and oxygen atoms in total. The highest BCUT2D eigenvalue weighted by Gasteiger charge is 1.99. The zero-order valence-corrected chi connectivity index (χ0v) is 10.4. The van der Waals surface area contributed by atoms with Gasteiger partial charge in [0.15, 0.2) is 0 Å². The van der Waals surface area contributed by atoms with Crippen LogP contribution in [0.15, 0.2) is 42.9 Å². The minimum atomic E-state index is -0.279. The monoisotopic (exact) mass is 244 g/mol. The van der Waals surface area contributed by atoms with Crippen molar-refractivity contribution in [3.05, 3.63) is 48.6 Å². The van der Waals surface area contributed by atoms with Gasteiger partial charge in [0.05, 0.1) is 24.6 Å². The number of carbonyl (C=O) groups excluding carboxylic acids is 1. The number of ether oxygens (including phenoxy) is 1. The van der Waals surface area contributed by atoms with Crippen LogP contribution in [0, 0.1) is 0 Å². The molecule has 4 heteroatoms. The van der Waals surface area contributed by atoms with E-state index in [9.17, 15) is 4.79 Å². The molecule has 0 aromatic carbocycles. The summed E-state index contributed by atoms with van der Waals surface area (Å²) in [4.78, 5) is 15.2. The van der Waals surface area contributed by atoms with Crippen LogP contribution in [0.4, 0.5) is 0 Å². The summed E-state index contributed by atoms with van der Waals surface area (Å²) in [5.41, 5.74) is 2.26. The van der Waals surface area contributed by atoms with Crippen molar-refractivity contribution in [2.45, 2.75) is 19.8 Å². The second-order valence-corrected chi connectivity index (χ2v) is 3.90. The Kier molecular flexibility index (Phi) is 4.12. The molecular weight excluding hydrogens is 228 g/mol. The highest BCUT2D eigenvalue weighted by Crippen LogP contribution is 2.09. The molecule has 2 heterocycles. The number of esters is 1. The lowest BCUT2D eigenvalue weighted by atomic mass is 10.2. The molecule has 0 fully saturated rings. The lowest BCUT2D eigenvalue weighted by molar-refractivity contribution is -0.137. The lowest BCUT2D eigenvalue weighted by Gasteiger charge is -2.03. The molecule has 0 amide bonds. The Labute approximate surface area is 106 Å². The molecule has 94 valence electrons. The minimum Gasteiger partial charge on any atom is -0.463 e. The number of imidazole rings is 1. The predicted octanol–water partition coefficient (Wildman–Crippen LogP) is 2.39. The molecule has 0 saturated heterocycles. The normalized spacial score (nSPS) is 11.2. The van der Waals surface area contributed by atoms with Gasteiger partial charge in [0.1, 0.15) is 0 Å². The second kappa shape index (κ2) is 6.00. The van der Waals surface area contributed by atoms with E-state index in [4.69, 9.17) is 4.74 Å². The Bertz CT molecular complexity index is 558. The number of allylic oxidation sites excluding steroid dienone is 1. The number of rotatable bonds is 5. The molecular formula is C14H16N2O2. The molecule has 0 bridgehead atoms. The second-order valence-electron chi connectivity index (χ2n) is 3.90. The van der Waals surface area contributed by atoms with Crippen LogP contribution in [0.25, 0.3) is 5.52 Å². The fourth-order valence-corrected chi connectivity index (χ4v) is 1.81. The van der Waals surface area contributed by atoms with Crippen molar-refractivity contribution in [2.24, 2.45) is 0 Å². The van der Waals surface area contributed by atoms with Crippen LogP contribution in [0.1, 0.15) is 19.0 Å². The molecule has 0 saturated carbocycles. The molecule has 0 unspecified atom stereocenters. The fourth-order valence-electron chi connectivity index (χ4n) is 1.81. The lowest BCUT2D eigenvalue weighted by Crippen LogP contribution is -1.99. The van der Waals surface area contributed by atoms with E-state index < -0.39 is 0 Å². The zero-order valence-electron chi connectivity index (χ0n) is 10.4. The average molecular weight is 244 g/mol. The molecule has 0 aliphatic carbocycles. The number of aryl methyl sites for hydroxylation is 1. The summed E-state index contributed by atoms with van der Waals surface area (Å²) in [6.07, 6.45) is 8.63. The van der Waals surface area contributed by atoms with Crippen molar-refractivity contribution < 1.29 is 9.53 Å². The maximum Gasteiger partial charge on any atom is 0.330 e. The van der Waals surface area contributed by atoms with Crippen LogP contribution in [-0.2, 0) is 16.0 Å². The quantitative estimate of drug-likeness (QED) is 0.599. The van der Waals surface area contributed by atoms with Crippen molar-refractivity contribution in [1.29, 1.82) is 0 Å². The zero-order chi connectivity index (χ0) is 12.8. The van der Waals surface area contributed by atoms with E-state index in [1.54, 1.807) is 13.3 Å². The average Bonchev–Trinajstić information content (AvgIpc) is 2.84. The molecule has 2 rings (SSSR count). The Morgan fingerprint density at radius 2 is 2.39 bits per heavy atom. The molecule has 18 heavy (non-hydrogen) atoms. The first-order valence-electron chi connectivity index (χ1n) is 6.04. The van der Waals surface area contributed by atoms with E-state index in [0.717, 1.165) is 18.4 Å². The van der Waals surface area contributed by atoms with Crippen molar-refractivity contribution in [3.63, 3.8) is 0 Å². The van der Waals surface area contributed by atoms with Gasteiger partial charge in [-0.2, -0.15) is 0 Å². The number of hydrogen-bond acceptors (Lipinski definition) is 3. The molecule has 2 aromatic heterocycles.